The van der Waals surface area contributed by atoms with Crippen molar-refractivity contribution in [2.75, 3.05) is 0 Å². The van der Waals surface area contributed by atoms with Crippen LogP contribution in [0.3, 0.4) is 0 Å². The van der Waals surface area contributed by atoms with Gasteiger partial charge in [0.15, 0.2) is 0 Å². The summed E-state index contributed by atoms with van der Waals surface area (Å²) in [5, 5.41) is 36.5. The van der Waals surface area contributed by atoms with E-state index in [-0.39, 0.29) is 36.7 Å². The number of nitrogens with one attached hydrogen (secondary N) is 1. The number of hydrogen-bond acceptors (Lipinski definition) is 7. The maximum atomic E-state index is 13.2. The normalized spacial score (nSPS) is 31.5. The van der Waals surface area contributed by atoms with Crippen molar-refractivity contribution in [2.45, 2.75) is 98.5 Å². The van der Waals surface area contributed by atoms with Crippen molar-refractivity contribution in [2.24, 2.45) is 17.3 Å². The zero-order valence-corrected chi connectivity index (χ0v) is 22.7. The number of carbonyl (C=O) groups excluding carboxylic acids is 2. The van der Waals surface area contributed by atoms with E-state index in [1.807, 2.05) is 25.3 Å². The number of thiazole rings is 1. The monoisotopic (exact) mass is 506 g/mol. The molecule has 4 N–H and O–H groups in total. The molecular weight excluding hydrogens is 464 g/mol. The molecule has 0 fully saturated rings. The Bertz CT molecular complexity index is 936. The molecule has 0 radical (unpaired) electrons. The number of ketones is 1. The lowest BCUT2D eigenvalue weighted by Gasteiger charge is -2.34. The van der Waals surface area contributed by atoms with Crippen LogP contribution in [-0.2, 0) is 16.2 Å². The topological polar surface area (TPSA) is 120 Å². The number of amides is 1. The molecular formula is C27H42N2O5S. The molecule has 1 amide bonds. The zero-order chi connectivity index (χ0) is 26.3. The second-order valence-electron chi connectivity index (χ2n) is 10.6. The van der Waals surface area contributed by atoms with Gasteiger partial charge in [0.2, 0.25) is 5.91 Å². The Hall–Kier alpha value is -1.87. The van der Waals surface area contributed by atoms with Crippen LogP contribution in [0.25, 0.3) is 6.08 Å². The highest BCUT2D eigenvalue weighted by Crippen LogP contribution is 2.32. The van der Waals surface area contributed by atoms with Crippen molar-refractivity contribution in [1.82, 2.24) is 10.3 Å². The summed E-state index contributed by atoms with van der Waals surface area (Å²) in [7, 11) is 0. The van der Waals surface area contributed by atoms with E-state index >= 15 is 0 Å². The average molecular weight is 507 g/mol. The highest BCUT2D eigenvalue weighted by atomic mass is 32.1. The Morgan fingerprint density at radius 1 is 1.29 bits per heavy atom. The molecule has 5 atom stereocenters. The number of carbonyl (C=O) groups is 2. The lowest BCUT2D eigenvalue weighted by Crippen LogP contribution is -2.47. The van der Waals surface area contributed by atoms with E-state index in [1.165, 1.54) is 16.9 Å². The summed E-state index contributed by atoms with van der Waals surface area (Å²) in [6.45, 7) is 10.8. The average Bonchev–Trinajstić information content (AvgIpc) is 3.26. The minimum Gasteiger partial charge on any atom is -0.392 e. The molecule has 1 unspecified atom stereocenters. The number of Topliss-reactive ketones (excluding diaryl/α,β-unsaturated/α-hetero) is 1. The maximum absolute atomic E-state index is 13.2. The lowest BCUT2D eigenvalue weighted by molar-refractivity contribution is -0.143. The summed E-state index contributed by atoms with van der Waals surface area (Å²) >= 11 is 1.38. The Morgan fingerprint density at radius 3 is 2.60 bits per heavy atom. The summed E-state index contributed by atoms with van der Waals surface area (Å²) in [5.74, 6) is -1.27. The highest BCUT2D eigenvalue weighted by Gasteiger charge is 2.42. The first kappa shape index (κ1) is 29.4. The molecule has 0 spiro atoms. The van der Waals surface area contributed by atoms with Gasteiger partial charge >= 0.3 is 0 Å². The summed E-state index contributed by atoms with van der Waals surface area (Å²) in [6, 6.07) is -0.296. The van der Waals surface area contributed by atoms with Gasteiger partial charge in [-0.2, -0.15) is 0 Å². The molecule has 8 heteroatoms. The molecule has 1 aromatic rings. The van der Waals surface area contributed by atoms with Crippen molar-refractivity contribution in [3.05, 3.63) is 33.3 Å². The first-order valence-electron chi connectivity index (χ1n) is 12.5. The third-order valence-electron chi connectivity index (χ3n) is 7.25. The van der Waals surface area contributed by atoms with Crippen molar-refractivity contribution in [3.8, 4) is 0 Å². The summed E-state index contributed by atoms with van der Waals surface area (Å²) in [4.78, 5) is 30.5. The Balaban J connectivity index is 2.33. The molecule has 0 saturated carbocycles. The lowest BCUT2D eigenvalue weighted by atomic mass is 9.73. The number of nitrogens with zero attached hydrogens (tertiary/aromatic N) is 1. The summed E-state index contributed by atoms with van der Waals surface area (Å²) in [6.07, 6.45) is 4.98. The van der Waals surface area contributed by atoms with Crippen molar-refractivity contribution in [1.29, 1.82) is 0 Å². The minimum absolute atomic E-state index is 0.0502. The third kappa shape index (κ3) is 8.07. The van der Waals surface area contributed by atoms with Crippen molar-refractivity contribution in [3.63, 3.8) is 0 Å². The number of aliphatic hydroxyl groups excluding tert-OH is 3. The van der Waals surface area contributed by atoms with Crippen LogP contribution in [0.4, 0.5) is 0 Å². The molecule has 7 nitrogen and oxygen atoms in total. The standard InChI is InChI=1S/C27H42N2O5S/c1-16-8-7-9-17(2)25(33)19(4)26(34)27(5,6)22(31)13-23(32)29-21(11-10-16)18(3)12-20-15-35-24(14-30)28-20/h10,12,15,17,19,21-22,25,30-31,33H,7-9,11,13-14H2,1-6H3,(H,29,32)/b16-10+,18-12+/t17-,19-,21?,22+,25-/m0/s1. The van der Waals surface area contributed by atoms with Crippen LogP contribution in [0.2, 0.25) is 0 Å². The number of hydrogen-bond donors (Lipinski definition) is 4. The van der Waals surface area contributed by atoms with E-state index in [2.05, 4.69) is 23.3 Å². The van der Waals surface area contributed by atoms with Gasteiger partial charge in [0.1, 0.15) is 10.8 Å². The molecule has 35 heavy (non-hydrogen) atoms. The van der Waals surface area contributed by atoms with E-state index in [4.69, 9.17) is 0 Å². The molecule has 2 heterocycles. The molecule has 0 bridgehead atoms. The quantitative estimate of drug-likeness (QED) is 0.460. The van der Waals surface area contributed by atoms with Crippen LogP contribution in [0.5, 0.6) is 0 Å². The predicted octanol–water partition coefficient (Wildman–Crippen LogP) is 4.02. The highest BCUT2D eigenvalue weighted by molar-refractivity contribution is 7.09. The number of aromatic nitrogens is 1. The van der Waals surface area contributed by atoms with Gasteiger partial charge < -0.3 is 20.6 Å². The van der Waals surface area contributed by atoms with Crippen LogP contribution >= 0.6 is 11.3 Å². The molecule has 196 valence electrons. The number of rotatable bonds is 3. The minimum atomic E-state index is -1.18. The fourth-order valence-corrected chi connectivity index (χ4v) is 5.14. The van der Waals surface area contributed by atoms with E-state index in [0.717, 1.165) is 30.5 Å². The van der Waals surface area contributed by atoms with Crippen LogP contribution < -0.4 is 5.32 Å². The van der Waals surface area contributed by atoms with E-state index in [9.17, 15) is 24.9 Å². The van der Waals surface area contributed by atoms with Gasteiger partial charge in [-0.05, 0) is 57.1 Å². The van der Waals surface area contributed by atoms with Gasteiger partial charge in [-0.3, -0.25) is 9.59 Å². The van der Waals surface area contributed by atoms with Gasteiger partial charge in [0.05, 0.1) is 42.4 Å². The Morgan fingerprint density at radius 2 is 1.97 bits per heavy atom. The molecule has 1 aliphatic rings. The van der Waals surface area contributed by atoms with Gasteiger partial charge in [-0.1, -0.05) is 39.3 Å². The van der Waals surface area contributed by atoms with Crippen LogP contribution in [0.1, 0.15) is 84.3 Å². The van der Waals surface area contributed by atoms with Crippen LogP contribution in [-0.4, -0.2) is 50.2 Å². The molecule has 1 aromatic heterocycles. The second-order valence-corrected chi connectivity index (χ2v) is 11.5. The molecule has 0 aromatic carbocycles. The van der Waals surface area contributed by atoms with Gasteiger partial charge in [-0.25, -0.2) is 4.98 Å². The summed E-state index contributed by atoms with van der Waals surface area (Å²) in [5.41, 5.74) is 1.67. The number of aliphatic hydroxyl groups is 3. The van der Waals surface area contributed by atoms with E-state index in [1.54, 1.807) is 20.8 Å². The van der Waals surface area contributed by atoms with Gasteiger partial charge in [0.25, 0.3) is 0 Å². The first-order valence-corrected chi connectivity index (χ1v) is 13.3. The van der Waals surface area contributed by atoms with Gasteiger partial charge in [-0.15, -0.1) is 11.3 Å². The SMILES string of the molecule is C/C1=C\CC(/C(C)=C/c2csc(CO)n2)NC(=O)C[C@@H](O)C(C)(C)C(=O)[C@@H](C)[C@@H](O)[C@@H](C)CCC1. The first-order chi connectivity index (χ1) is 16.4. The Labute approximate surface area is 213 Å². The molecule has 2 rings (SSSR count). The van der Waals surface area contributed by atoms with Crippen LogP contribution in [0.15, 0.2) is 22.6 Å². The fourth-order valence-electron chi connectivity index (χ4n) is 4.53. The molecule has 0 aliphatic carbocycles. The maximum Gasteiger partial charge on any atom is 0.223 e. The fraction of sp³-hybridized carbons (Fsp3) is 0.667. The van der Waals surface area contributed by atoms with E-state index in [0.29, 0.717) is 11.4 Å². The summed E-state index contributed by atoms with van der Waals surface area (Å²) < 4.78 is 0. The Kier molecular flexibility index (Phi) is 10.8. The smallest absolute Gasteiger partial charge is 0.223 e. The van der Waals surface area contributed by atoms with Gasteiger partial charge in [0, 0.05) is 11.3 Å². The van der Waals surface area contributed by atoms with E-state index < -0.39 is 23.5 Å². The second kappa shape index (κ2) is 12.9. The largest absolute Gasteiger partial charge is 0.392 e. The van der Waals surface area contributed by atoms with Crippen LogP contribution in [0, 0.1) is 17.3 Å². The number of allylic oxidation sites excluding steroid dienone is 1. The predicted molar refractivity (Wildman–Crippen MR) is 140 cm³/mol. The van der Waals surface area contributed by atoms with Crippen molar-refractivity contribution < 1.29 is 24.9 Å². The molecule has 1 aliphatic heterocycles. The molecule has 0 saturated heterocycles. The third-order valence-corrected chi connectivity index (χ3v) is 8.11. The van der Waals surface area contributed by atoms with Crippen molar-refractivity contribution >= 4 is 29.1 Å². The zero-order valence-electron chi connectivity index (χ0n) is 21.9.